The lowest BCUT2D eigenvalue weighted by molar-refractivity contribution is -0.172. The maximum absolute atomic E-state index is 12.6. The summed E-state index contributed by atoms with van der Waals surface area (Å²) in [5.74, 6) is -2.43. The van der Waals surface area contributed by atoms with Gasteiger partial charge < -0.3 is 9.57 Å². The van der Waals surface area contributed by atoms with E-state index in [1.807, 2.05) is 12.1 Å². The molecule has 0 N–H and O–H groups in total. The van der Waals surface area contributed by atoms with Crippen LogP contribution in [0.3, 0.4) is 0 Å². The number of imide groups is 1. The van der Waals surface area contributed by atoms with E-state index in [1.54, 1.807) is 0 Å². The Balaban J connectivity index is 1.77. The summed E-state index contributed by atoms with van der Waals surface area (Å²) in [6.45, 7) is 0. The van der Waals surface area contributed by atoms with E-state index in [2.05, 4.69) is 67.8 Å². The number of hydrogen-bond acceptors (Lipinski definition) is 6. The first kappa shape index (κ1) is 21.4. The fraction of sp³-hybridized carbons (Fsp3) is 0.111. The second-order valence-electron chi connectivity index (χ2n) is 5.60. The average molecular weight is 717 g/mol. The third-order valence-electron chi connectivity index (χ3n) is 3.71. The number of amides is 2. The van der Waals surface area contributed by atoms with E-state index in [-0.39, 0.29) is 24.2 Å². The Morgan fingerprint density at radius 3 is 2.21 bits per heavy atom. The smallest absolute Gasteiger partial charge is 0.364 e. The Kier molecular flexibility index (Phi) is 6.90. The van der Waals surface area contributed by atoms with Gasteiger partial charge in [-0.2, -0.15) is 0 Å². The summed E-state index contributed by atoms with van der Waals surface area (Å²) in [6, 6.07) is 9.51. The predicted octanol–water partition coefficient (Wildman–Crippen LogP) is 3.94. The van der Waals surface area contributed by atoms with Crippen LogP contribution in [0.4, 0.5) is 0 Å². The van der Waals surface area contributed by atoms with Gasteiger partial charge in [0.15, 0.2) is 0 Å². The van der Waals surface area contributed by atoms with Crippen molar-refractivity contribution in [2.75, 3.05) is 0 Å². The minimum atomic E-state index is -0.889. The van der Waals surface area contributed by atoms with Gasteiger partial charge in [-0.1, -0.05) is 6.07 Å². The number of nitrogens with zero attached hydrogens (tertiary/aromatic N) is 1. The van der Waals surface area contributed by atoms with Gasteiger partial charge >= 0.3 is 11.9 Å². The molecule has 0 radical (unpaired) electrons. The number of benzene rings is 2. The molecular formula is C18H10I3NO6. The molecule has 1 saturated heterocycles. The minimum Gasteiger partial charge on any atom is -0.423 e. The second-order valence-corrected chi connectivity index (χ2v) is 9.00. The highest BCUT2D eigenvalue weighted by atomic mass is 127. The molecule has 0 bridgehead atoms. The molecule has 10 heteroatoms. The maximum atomic E-state index is 12.6. The van der Waals surface area contributed by atoms with Gasteiger partial charge in [-0.05, 0) is 98.1 Å². The van der Waals surface area contributed by atoms with E-state index >= 15 is 0 Å². The summed E-state index contributed by atoms with van der Waals surface area (Å²) in [5.41, 5.74) is 0.485. The van der Waals surface area contributed by atoms with E-state index in [0.717, 1.165) is 10.7 Å². The van der Waals surface area contributed by atoms with Crippen molar-refractivity contribution in [1.82, 2.24) is 5.06 Å². The normalized spacial score (nSPS) is 13.6. The molecule has 0 atom stereocenters. The van der Waals surface area contributed by atoms with Gasteiger partial charge in [0.2, 0.25) is 0 Å². The van der Waals surface area contributed by atoms with Gasteiger partial charge in [-0.15, -0.1) is 5.06 Å². The molecule has 28 heavy (non-hydrogen) atoms. The van der Waals surface area contributed by atoms with Crippen molar-refractivity contribution in [2.45, 2.75) is 12.8 Å². The standard InChI is InChI=1S/C18H10I3NO6/c19-11-4-5-12(20)16(21)15(11)18(26)27-10-3-1-2-9(8-10)17(25)28-22-13(23)6-7-14(22)24/h1-5,8H,6-7H2. The first-order valence-corrected chi connectivity index (χ1v) is 11.1. The Labute approximate surface area is 200 Å². The number of hydroxylamine groups is 2. The molecule has 2 amide bonds. The van der Waals surface area contributed by atoms with Crippen molar-refractivity contribution in [3.63, 3.8) is 0 Å². The molecular weight excluding hydrogens is 707 g/mol. The maximum Gasteiger partial charge on any atom is 0.364 e. The number of esters is 1. The largest absolute Gasteiger partial charge is 0.423 e. The monoisotopic (exact) mass is 717 g/mol. The summed E-state index contributed by atoms with van der Waals surface area (Å²) in [4.78, 5) is 52.9. The molecule has 2 aromatic rings. The molecule has 0 unspecified atom stereocenters. The number of rotatable bonds is 4. The van der Waals surface area contributed by atoms with Crippen LogP contribution in [-0.4, -0.2) is 28.8 Å². The number of carbonyl (C=O) groups excluding carboxylic acids is 4. The summed E-state index contributed by atoms with van der Waals surface area (Å²) < 4.78 is 7.85. The lowest BCUT2D eigenvalue weighted by Gasteiger charge is -2.13. The summed E-state index contributed by atoms with van der Waals surface area (Å²) >= 11 is 6.27. The zero-order chi connectivity index (χ0) is 20.4. The number of ether oxygens (including phenoxy) is 1. The fourth-order valence-corrected chi connectivity index (χ4v) is 4.68. The highest BCUT2D eigenvalue weighted by Crippen LogP contribution is 2.26. The molecule has 1 fully saturated rings. The van der Waals surface area contributed by atoms with Crippen molar-refractivity contribution in [2.24, 2.45) is 0 Å². The van der Waals surface area contributed by atoms with Gasteiger partial charge in [0, 0.05) is 23.6 Å². The van der Waals surface area contributed by atoms with Gasteiger partial charge in [0.1, 0.15) is 5.75 Å². The van der Waals surface area contributed by atoms with Gasteiger partial charge in [0.05, 0.1) is 11.1 Å². The predicted molar refractivity (Wildman–Crippen MR) is 122 cm³/mol. The SMILES string of the molecule is O=C(ON1C(=O)CCC1=O)c1cccc(OC(=O)c2c(I)ccc(I)c2I)c1. The molecule has 1 heterocycles. The number of carbonyl (C=O) groups is 4. The van der Waals surface area contributed by atoms with Crippen molar-refractivity contribution < 1.29 is 28.8 Å². The Bertz CT molecular complexity index is 991. The van der Waals surface area contributed by atoms with Crippen LogP contribution < -0.4 is 4.74 Å². The highest BCUT2D eigenvalue weighted by molar-refractivity contribution is 14.1. The van der Waals surface area contributed by atoms with Gasteiger partial charge in [-0.25, -0.2) is 9.59 Å². The van der Waals surface area contributed by atoms with Gasteiger partial charge in [0.25, 0.3) is 11.8 Å². The van der Waals surface area contributed by atoms with Crippen LogP contribution in [0.5, 0.6) is 5.75 Å². The lowest BCUT2D eigenvalue weighted by atomic mass is 10.2. The highest BCUT2D eigenvalue weighted by Gasteiger charge is 2.33. The zero-order valence-electron chi connectivity index (χ0n) is 13.9. The molecule has 3 rings (SSSR count). The van der Waals surface area contributed by atoms with Crippen LogP contribution in [0.15, 0.2) is 36.4 Å². The zero-order valence-corrected chi connectivity index (χ0v) is 20.4. The number of hydrogen-bond donors (Lipinski definition) is 0. The molecule has 2 aromatic carbocycles. The van der Waals surface area contributed by atoms with Crippen molar-refractivity contribution in [3.05, 3.63) is 58.2 Å². The number of halogens is 3. The Morgan fingerprint density at radius 1 is 0.893 bits per heavy atom. The average Bonchev–Trinajstić information content (AvgIpc) is 2.97. The summed E-state index contributed by atoms with van der Waals surface area (Å²) in [5, 5.41) is 0.470. The fourth-order valence-electron chi connectivity index (χ4n) is 2.35. The third-order valence-corrected chi connectivity index (χ3v) is 7.66. The van der Waals surface area contributed by atoms with Crippen LogP contribution in [0.25, 0.3) is 0 Å². The summed E-state index contributed by atoms with van der Waals surface area (Å²) in [6.07, 6.45) is 0.0217. The third kappa shape index (κ3) is 4.64. The second kappa shape index (κ2) is 9.02. The van der Waals surface area contributed by atoms with Gasteiger partial charge in [-0.3, -0.25) is 9.59 Å². The minimum absolute atomic E-state index is 0.0108. The lowest BCUT2D eigenvalue weighted by Crippen LogP contribution is -2.32. The molecule has 0 spiro atoms. The molecule has 144 valence electrons. The molecule has 0 saturated carbocycles. The van der Waals surface area contributed by atoms with Crippen molar-refractivity contribution in [1.29, 1.82) is 0 Å². The van der Waals surface area contributed by atoms with Crippen LogP contribution in [0, 0.1) is 10.7 Å². The van der Waals surface area contributed by atoms with Crippen molar-refractivity contribution in [3.8, 4) is 5.75 Å². The van der Waals surface area contributed by atoms with E-state index in [9.17, 15) is 19.2 Å². The molecule has 0 aromatic heterocycles. The van der Waals surface area contributed by atoms with E-state index in [0.29, 0.717) is 10.6 Å². The van der Waals surface area contributed by atoms with Crippen LogP contribution in [0.2, 0.25) is 0 Å². The topological polar surface area (TPSA) is 90.0 Å². The van der Waals surface area contributed by atoms with E-state index in [1.165, 1.54) is 24.3 Å². The molecule has 0 aliphatic carbocycles. The van der Waals surface area contributed by atoms with Crippen LogP contribution in [0.1, 0.15) is 33.6 Å². The molecule has 1 aliphatic rings. The van der Waals surface area contributed by atoms with Crippen LogP contribution in [-0.2, 0) is 14.4 Å². The first-order chi connectivity index (χ1) is 13.3. The molecule has 1 aliphatic heterocycles. The first-order valence-electron chi connectivity index (χ1n) is 7.81. The quantitative estimate of drug-likeness (QED) is 0.157. The van der Waals surface area contributed by atoms with Crippen molar-refractivity contribution >= 4 is 91.5 Å². The van der Waals surface area contributed by atoms with E-state index in [4.69, 9.17) is 9.57 Å². The Hall–Kier alpha value is -1.29. The Morgan fingerprint density at radius 2 is 1.54 bits per heavy atom. The van der Waals surface area contributed by atoms with E-state index < -0.39 is 23.8 Å². The van der Waals surface area contributed by atoms with Crippen LogP contribution >= 0.6 is 67.8 Å². The summed E-state index contributed by atoms with van der Waals surface area (Å²) in [7, 11) is 0. The molecule has 7 nitrogen and oxygen atoms in total.